The van der Waals surface area contributed by atoms with E-state index in [0.29, 0.717) is 5.92 Å². The number of ether oxygens (including phenoxy) is 1. The monoisotopic (exact) mass is 360 g/mol. The van der Waals surface area contributed by atoms with E-state index in [4.69, 9.17) is 4.74 Å². The Balaban J connectivity index is 1.80. The molecule has 7 atom stereocenters. The molecule has 0 radical (unpaired) electrons. The Kier molecular flexibility index (Phi) is 4.15. The highest BCUT2D eigenvalue weighted by molar-refractivity contribution is 5.76. The normalized spacial score (nSPS) is 49.6. The van der Waals surface area contributed by atoms with E-state index >= 15 is 0 Å². The fraction of sp³-hybridized carbons (Fsp3) is 0.818. The summed E-state index contributed by atoms with van der Waals surface area (Å²) in [6.45, 7) is 6.34. The first kappa shape index (κ1) is 18.2. The van der Waals surface area contributed by atoms with Gasteiger partial charge in [-0.05, 0) is 72.2 Å². The predicted octanol–water partition coefficient (Wildman–Crippen LogP) is 3.67. The summed E-state index contributed by atoms with van der Waals surface area (Å²) in [6, 6.07) is 0. The molecule has 0 heterocycles. The number of hydrogen-bond acceptors (Lipinski definition) is 4. The molecule has 0 unspecified atom stereocenters. The quantitative estimate of drug-likeness (QED) is 0.616. The van der Waals surface area contributed by atoms with Crippen LogP contribution < -0.4 is 0 Å². The van der Waals surface area contributed by atoms with Crippen LogP contribution in [0.25, 0.3) is 0 Å². The Bertz CT molecular complexity index is 655. The molecule has 4 heteroatoms. The molecule has 2 bridgehead atoms. The maximum atomic E-state index is 11.9. The van der Waals surface area contributed by atoms with Gasteiger partial charge in [-0.25, -0.2) is 0 Å². The van der Waals surface area contributed by atoms with Gasteiger partial charge < -0.3 is 9.84 Å². The summed E-state index contributed by atoms with van der Waals surface area (Å²) >= 11 is 0. The maximum Gasteiger partial charge on any atom is 0.302 e. The molecule has 0 aromatic heterocycles. The van der Waals surface area contributed by atoms with Crippen molar-refractivity contribution in [2.75, 3.05) is 6.61 Å². The summed E-state index contributed by atoms with van der Waals surface area (Å²) in [6.07, 6.45) is 10.4. The van der Waals surface area contributed by atoms with E-state index in [1.54, 1.807) is 0 Å². The lowest BCUT2D eigenvalue weighted by molar-refractivity contribution is -0.200. The van der Waals surface area contributed by atoms with Crippen LogP contribution in [0.15, 0.2) is 11.6 Å². The van der Waals surface area contributed by atoms with Crippen LogP contribution in [-0.4, -0.2) is 30.1 Å². The third-order valence-corrected chi connectivity index (χ3v) is 8.58. The van der Waals surface area contributed by atoms with Crippen LogP contribution in [0.4, 0.5) is 0 Å². The summed E-state index contributed by atoms with van der Waals surface area (Å²) in [5.74, 6) is 0.705. The molecule has 3 fully saturated rings. The van der Waals surface area contributed by atoms with Gasteiger partial charge in [-0.3, -0.25) is 9.59 Å². The molecule has 1 N–H and O–H groups in total. The molecule has 3 saturated carbocycles. The molecular weight excluding hydrogens is 328 g/mol. The SMILES string of the molecule is CC(=O)O[C@@H]1C[C@H]2C[C@@]3(C=C2C=O)CC[C@H]2[C@](C)(CO)CCC[C@]2(C)[C@@H]13. The van der Waals surface area contributed by atoms with E-state index < -0.39 is 0 Å². The van der Waals surface area contributed by atoms with Crippen molar-refractivity contribution in [2.45, 2.75) is 71.8 Å². The molecule has 0 saturated heterocycles. The first-order valence-electron chi connectivity index (χ1n) is 10.2. The number of hydrogen-bond donors (Lipinski definition) is 1. The van der Waals surface area contributed by atoms with E-state index in [1.165, 1.54) is 6.92 Å². The standard InChI is InChI=1S/C22H32O4/c1-14(25)26-17-9-15-10-22(11-16(15)12-23)8-5-18-20(2,13-24)6-4-7-21(18,3)19(17)22/h11-12,15,17-19,24H,4-10,13H2,1-3H3/t15-,17+,18-,19+,20-,21-,22+/m0/s1. The third kappa shape index (κ3) is 2.37. The van der Waals surface area contributed by atoms with Crippen LogP contribution >= 0.6 is 0 Å². The smallest absolute Gasteiger partial charge is 0.302 e. The van der Waals surface area contributed by atoms with Gasteiger partial charge in [0, 0.05) is 19.4 Å². The van der Waals surface area contributed by atoms with E-state index in [0.717, 1.165) is 56.8 Å². The molecule has 0 aliphatic heterocycles. The van der Waals surface area contributed by atoms with Crippen LogP contribution in [-0.2, 0) is 14.3 Å². The van der Waals surface area contributed by atoms with E-state index in [1.807, 2.05) is 0 Å². The molecule has 4 nitrogen and oxygen atoms in total. The number of rotatable bonds is 3. The molecule has 26 heavy (non-hydrogen) atoms. The second kappa shape index (κ2) is 5.92. The number of allylic oxidation sites excluding steroid dienone is 2. The van der Waals surface area contributed by atoms with Crippen molar-refractivity contribution in [3.63, 3.8) is 0 Å². The largest absolute Gasteiger partial charge is 0.462 e. The first-order valence-corrected chi connectivity index (χ1v) is 10.2. The van der Waals surface area contributed by atoms with Crippen molar-refractivity contribution in [1.29, 1.82) is 0 Å². The molecule has 1 spiro atoms. The second-order valence-electron chi connectivity index (χ2n) is 10.0. The highest BCUT2D eigenvalue weighted by Gasteiger charge is 2.66. The number of carbonyl (C=O) groups excluding carboxylic acids is 2. The average Bonchev–Trinajstić information content (AvgIpc) is 2.85. The lowest BCUT2D eigenvalue weighted by atomic mass is 9.40. The van der Waals surface area contributed by atoms with Crippen molar-refractivity contribution in [1.82, 2.24) is 0 Å². The number of aliphatic hydroxyl groups is 1. The fourth-order valence-electron chi connectivity index (χ4n) is 7.85. The van der Waals surface area contributed by atoms with Gasteiger partial charge in [-0.2, -0.15) is 0 Å². The van der Waals surface area contributed by atoms with Crippen LogP contribution in [0, 0.1) is 34.0 Å². The van der Waals surface area contributed by atoms with Gasteiger partial charge in [0.05, 0.1) is 0 Å². The number of esters is 1. The summed E-state index contributed by atoms with van der Waals surface area (Å²) in [5, 5.41) is 10.2. The lowest BCUT2D eigenvalue weighted by Gasteiger charge is -2.65. The van der Waals surface area contributed by atoms with Crippen LogP contribution in [0.3, 0.4) is 0 Å². The van der Waals surface area contributed by atoms with Crippen molar-refractivity contribution >= 4 is 12.3 Å². The van der Waals surface area contributed by atoms with Crippen LogP contribution in [0.1, 0.15) is 65.7 Å². The number of fused-ring (bicyclic) bond motifs is 3. The van der Waals surface area contributed by atoms with E-state index in [9.17, 15) is 14.7 Å². The molecule has 0 amide bonds. The number of aldehydes is 1. The molecule has 4 aliphatic carbocycles. The van der Waals surface area contributed by atoms with Gasteiger partial charge in [0.25, 0.3) is 0 Å². The Labute approximate surface area is 156 Å². The molecule has 0 aromatic carbocycles. The summed E-state index contributed by atoms with van der Waals surface area (Å²) in [4.78, 5) is 23.5. The summed E-state index contributed by atoms with van der Waals surface area (Å²) < 4.78 is 5.89. The van der Waals surface area contributed by atoms with Crippen molar-refractivity contribution in [3.8, 4) is 0 Å². The zero-order valence-electron chi connectivity index (χ0n) is 16.3. The Morgan fingerprint density at radius 2 is 2.12 bits per heavy atom. The molecule has 4 aliphatic rings. The number of carbonyl (C=O) groups is 2. The topological polar surface area (TPSA) is 63.6 Å². The minimum atomic E-state index is -0.217. The number of aliphatic hydroxyl groups excluding tert-OH is 1. The fourth-order valence-corrected chi connectivity index (χ4v) is 7.85. The van der Waals surface area contributed by atoms with Gasteiger partial charge in [0.2, 0.25) is 0 Å². The Morgan fingerprint density at radius 3 is 2.77 bits per heavy atom. The molecule has 4 rings (SSSR count). The minimum Gasteiger partial charge on any atom is -0.462 e. The average molecular weight is 360 g/mol. The van der Waals surface area contributed by atoms with Crippen molar-refractivity contribution in [3.05, 3.63) is 11.6 Å². The Hall–Kier alpha value is -1.16. The van der Waals surface area contributed by atoms with Gasteiger partial charge in [-0.1, -0.05) is 26.3 Å². The maximum absolute atomic E-state index is 11.9. The highest BCUT2D eigenvalue weighted by Crippen LogP contribution is 2.70. The van der Waals surface area contributed by atoms with Gasteiger partial charge in [0.15, 0.2) is 0 Å². The first-order chi connectivity index (χ1) is 12.3. The van der Waals surface area contributed by atoms with Crippen molar-refractivity contribution < 1.29 is 19.4 Å². The lowest BCUT2D eigenvalue weighted by Crippen LogP contribution is -2.61. The van der Waals surface area contributed by atoms with Gasteiger partial charge in [-0.15, -0.1) is 0 Å². The summed E-state index contributed by atoms with van der Waals surface area (Å²) in [5.41, 5.74) is 0.890. The van der Waals surface area contributed by atoms with E-state index in [-0.39, 0.29) is 46.8 Å². The predicted molar refractivity (Wildman–Crippen MR) is 98.2 cm³/mol. The van der Waals surface area contributed by atoms with Gasteiger partial charge >= 0.3 is 5.97 Å². The summed E-state index contributed by atoms with van der Waals surface area (Å²) in [7, 11) is 0. The third-order valence-electron chi connectivity index (χ3n) is 8.58. The van der Waals surface area contributed by atoms with Crippen LogP contribution in [0.5, 0.6) is 0 Å². The Morgan fingerprint density at radius 1 is 1.35 bits per heavy atom. The van der Waals surface area contributed by atoms with E-state index in [2.05, 4.69) is 19.9 Å². The zero-order valence-corrected chi connectivity index (χ0v) is 16.3. The second-order valence-corrected chi connectivity index (χ2v) is 10.0. The van der Waals surface area contributed by atoms with Crippen LogP contribution in [0.2, 0.25) is 0 Å². The zero-order chi connectivity index (χ0) is 18.7. The molecule has 0 aromatic rings. The highest BCUT2D eigenvalue weighted by atomic mass is 16.5. The minimum absolute atomic E-state index is 0.0156. The molecule has 144 valence electrons. The van der Waals surface area contributed by atoms with Crippen molar-refractivity contribution in [2.24, 2.45) is 34.0 Å². The molecular formula is C22H32O4. The van der Waals surface area contributed by atoms with Gasteiger partial charge in [0.1, 0.15) is 12.4 Å².